The summed E-state index contributed by atoms with van der Waals surface area (Å²) < 4.78 is 0. The molecule has 2 aliphatic rings. The lowest BCUT2D eigenvalue weighted by molar-refractivity contribution is 0.111. The van der Waals surface area contributed by atoms with Gasteiger partial charge in [-0.05, 0) is 31.6 Å². The molecule has 2 heteroatoms. The van der Waals surface area contributed by atoms with E-state index >= 15 is 0 Å². The second-order valence-electron chi connectivity index (χ2n) is 5.52. The molecule has 0 amide bonds. The van der Waals surface area contributed by atoms with Gasteiger partial charge < -0.3 is 5.32 Å². The molecular weight excluding hydrogens is 184 g/mol. The van der Waals surface area contributed by atoms with Crippen LogP contribution in [0.4, 0.5) is 0 Å². The molecule has 1 saturated carbocycles. The van der Waals surface area contributed by atoms with Crippen LogP contribution < -0.4 is 5.32 Å². The van der Waals surface area contributed by atoms with Gasteiger partial charge in [0.05, 0.1) is 0 Å². The van der Waals surface area contributed by atoms with Crippen LogP contribution in [-0.4, -0.2) is 36.6 Å². The minimum absolute atomic E-state index is 0.762. The number of nitrogens with zero attached hydrogens (tertiary/aromatic N) is 1. The summed E-state index contributed by atoms with van der Waals surface area (Å²) in [7, 11) is 0. The van der Waals surface area contributed by atoms with Crippen molar-refractivity contribution >= 4 is 0 Å². The zero-order valence-electron chi connectivity index (χ0n) is 10.5. The van der Waals surface area contributed by atoms with Crippen LogP contribution >= 0.6 is 0 Å². The Hall–Kier alpha value is -0.0800. The molecule has 0 aromatic rings. The fourth-order valence-electron chi connectivity index (χ4n) is 2.69. The summed E-state index contributed by atoms with van der Waals surface area (Å²) in [6, 6.07) is 1.56. The monoisotopic (exact) mass is 210 g/mol. The van der Waals surface area contributed by atoms with Gasteiger partial charge in [-0.1, -0.05) is 20.3 Å². The highest BCUT2D eigenvalue weighted by atomic mass is 15.2. The molecule has 3 atom stereocenters. The number of piperazine rings is 1. The normalized spacial score (nSPS) is 32.6. The summed E-state index contributed by atoms with van der Waals surface area (Å²) in [5.74, 6) is 1.83. The highest BCUT2D eigenvalue weighted by Crippen LogP contribution is 2.34. The van der Waals surface area contributed by atoms with E-state index in [1.165, 1.54) is 38.9 Å². The van der Waals surface area contributed by atoms with Crippen molar-refractivity contribution in [1.29, 1.82) is 0 Å². The van der Waals surface area contributed by atoms with Crippen molar-refractivity contribution < 1.29 is 0 Å². The summed E-state index contributed by atoms with van der Waals surface area (Å²) >= 11 is 0. The smallest absolute Gasteiger partial charge is 0.0223 e. The third kappa shape index (κ3) is 2.73. The van der Waals surface area contributed by atoms with E-state index in [9.17, 15) is 0 Å². The lowest BCUT2D eigenvalue weighted by Gasteiger charge is -2.40. The Balaban J connectivity index is 1.85. The maximum atomic E-state index is 3.68. The van der Waals surface area contributed by atoms with Crippen molar-refractivity contribution in [3.05, 3.63) is 0 Å². The topological polar surface area (TPSA) is 15.3 Å². The predicted octanol–water partition coefficient (Wildman–Crippen LogP) is 2.10. The molecule has 1 aliphatic carbocycles. The second-order valence-corrected chi connectivity index (χ2v) is 5.52. The number of rotatable bonds is 4. The molecule has 0 aromatic carbocycles. The lowest BCUT2D eigenvalue weighted by Crippen LogP contribution is -2.55. The van der Waals surface area contributed by atoms with Gasteiger partial charge in [0.1, 0.15) is 0 Å². The van der Waals surface area contributed by atoms with Crippen LogP contribution in [0, 0.1) is 11.8 Å². The summed E-state index contributed by atoms with van der Waals surface area (Å²) in [5, 5.41) is 3.68. The Bertz CT molecular complexity index is 201. The maximum absolute atomic E-state index is 3.68. The molecule has 0 bridgehead atoms. The van der Waals surface area contributed by atoms with E-state index in [-0.39, 0.29) is 0 Å². The molecule has 2 nitrogen and oxygen atoms in total. The first-order chi connectivity index (χ1) is 7.22. The molecule has 88 valence electrons. The first kappa shape index (κ1) is 11.4. The molecule has 0 radical (unpaired) electrons. The van der Waals surface area contributed by atoms with Crippen LogP contribution in [0.5, 0.6) is 0 Å². The minimum Gasteiger partial charge on any atom is -0.311 e. The summed E-state index contributed by atoms with van der Waals surface area (Å²) in [6.45, 7) is 10.8. The van der Waals surface area contributed by atoms with Gasteiger partial charge in [0.25, 0.3) is 0 Å². The molecule has 0 spiro atoms. The van der Waals surface area contributed by atoms with E-state index in [4.69, 9.17) is 0 Å². The zero-order valence-corrected chi connectivity index (χ0v) is 10.5. The Morgan fingerprint density at radius 3 is 2.67 bits per heavy atom. The Kier molecular flexibility index (Phi) is 3.68. The van der Waals surface area contributed by atoms with Crippen molar-refractivity contribution in [1.82, 2.24) is 10.2 Å². The molecule has 1 N–H and O–H groups in total. The van der Waals surface area contributed by atoms with Gasteiger partial charge in [-0.2, -0.15) is 0 Å². The predicted molar refractivity (Wildman–Crippen MR) is 65.0 cm³/mol. The van der Waals surface area contributed by atoms with Crippen molar-refractivity contribution in [3.8, 4) is 0 Å². The molecule has 1 saturated heterocycles. The Labute approximate surface area is 94.4 Å². The van der Waals surface area contributed by atoms with E-state index in [1.54, 1.807) is 0 Å². The van der Waals surface area contributed by atoms with E-state index in [0.717, 1.165) is 23.9 Å². The Morgan fingerprint density at radius 1 is 1.33 bits per heavy atom. The van der Waals surface area contributed by atoms with Gasteiger partial charge in [0, 0.05) is 31.7 Å². The SMILES string of the molecule is CCC(C)C(C)N1CCNC(C2CC2)C1. The van der Waals surface area contributed by atoms with Crippen molar-refractivity contribution in [3.63, 3.8) is 0 Å². The van der Waals surface area contributed by atoms with E-state index in [1.807, 2.05) is 0 Å². The van der Waals surface area contributed by atoms with Crippen LogP contribution in [0.1, 0.15) is 40.0 Å². The molecule has 2 fully saturated rings. The summed E-state index contributed by atoms with van der Waals surface area (Å²) in [6.07, 6.45) is 4.23. The van der Waals surface area contributed by atoms with Crippen molar-refractivity contribution in [2.75, 3.05) is 19.6 Å². The molecule has 3 unspecified atom stereocenters. The average Bonchev–Trinajstić information content (AvgIpc) is 3.11. The highest BCUT2D eigenvalue weighted by Gasteiger charge is 2.35. The number of hydrogen-bond acceptors (Lipinski definition) is 2. The van der Waals surface area contributed by atoms with Gasteiger partial charge in [-0.3, -0.25) is 4.90 Å². The van der Waals surface area contributed by atoms with E-state index in [0.29, 0.717) is 0 Å². The van der Waals surface area contributed by atoms with Gasteiger partial charge in [-0.15, -0.1) is 0 Å². The standard InChI is InChI=1S/C13H26N2/c1-4-10(2)11(3)15-8-7-14-13(9-15)12-5-6-12/h10-14H,4-9H2,1-3H3. The maximum Gasteiger partial charge on any atom is 0.0223 e. The fourth-order valence-corrected chi connectivity index (χ4v) is 2.69. The van der Waals surface area contributed by atoms with Crippen LogP contribution in [0.15, 0.2) is 0 Å². The fraction of sp³-hybridized carbons (Fsp3) is 1.00. The van der Waals surface area contributed by atoms with E-state index < -0.39 is 0 Å². The number of hydrogen-bond donors (Lipinski definition) is 1. The third-order valence-electron chi connectivity index (χ3n) is 4.47. The summed E-state index contributed by atoms with van der Waals surface area (Å²) in [4.78, 5) is 2.70. The average molecular weight is 210 g/mol. The minimum atomic E-state index is 0.762. The largest absolute Gasteiger partial charge is 0.311 e. The van der Waals surface area contributed by atoms with Gasteiger partial charge in [0.15, 0.2) is 0 Å². The zero-order chi connectivity index (χ0) is 10.8. The summed E-state index contributed by atoms with van der Waals surface area (Å²) in [5.41, 5.74) is 0. The van der Waals surface area contributed by atoms with Crippen LogP contribution in [0.25, 0.3) is 0 Å². The third-order valence-corrected chi connectivity index (χ3v) is 4.47. The first-order valence-electron chi connectivity index (χ1n) is 6.69. The number of nitrogens with one attached hydrogen (secondary N) is 1. The van der Waals surface area contributed by atoms with Crippen molar-refractivity contribution in [2.24, 2.45) is 11.8 Å². The molecular formula is C13H26N2. The van der Waals surface area contributed by atoms with Gasteiger partial charge >= 0.3 is 0 Å². The van der Waals surface area contributed by atoms with Gasteiger partial charge in [-0.25, -0.2) is 0 Å². The molecule has 0 aromatic heterocycles. The van der Waals surface area contributed by atoms with Crippen molar-refractivity contribution in [2.45, 2.75) is 52.1 Å². The molecule has 2 rings (SSSR count). The lowest BCUT2D eigenvalue weighted by atomic mass is 9.97. The first-order valence-corrected chi connectivity index (χ1v) is 6.69. The Morgan fingerprint density at radius 2 is 2.07 bits per heavy atom. The molecule has 1 aliphatic heterocycles. The molecule has 1 heterocycles. The van der Waals surface area contributed by atoms with Crippen LogP contribution in [0.2, 0.25) is 0 Å². The van der Waals surface area contributed by atoms with Crippen LogP contribution in [-0.2, 0) is 0 Å². The van der Waals surface area contributed by atoms with Gasteiger partial charge in [0.2, 0.25) is 0 Å². The van der Waals surface area contributed by atoms with Crippen LogP contribution in [0.3, 0.4) is 0 Å². The highest BCUT2D eigenvalue weighted by molar-refractivity contribution is 4.92. The quantitative estimate of drug-likeness (QED) is 0.764. The van der Waals surface area contributed by atoms with E-state index in [2.05, 4.69) is 31.0 Å². The second kappa shape index (κ2) is 4.84. The molecule has 15 heavy (non-hydrogen) atoms.